The van der Waals surface area contributed by atoms with Gasteiger partial charge in [0.2, 0.25) is 0 Å². The largest absolute Gasteiger partial charge is 0.466 e. The number of halogens is 2. The van der Waals surface area contributed by atoms with E-state index in [2.05, 4.69) is 123 Å². The fourth-order valence-electron chi connectivity index (χ4n) is 10.1. The van der Waals surface area contributed by atoms with Gasteiger partial charge >= 0.3 is 141 Å². The number of nitrogens with zero attached hydrogens (tertiary/aromatic N) is 11. The summed E-state index contributed by atoms with van der Waals surface area (Å²) >= 11 is 5.13. The number of rotatable bonds is 21. The molecule has 10 heterocycles. The average Bonchev–Trinajstić information content (AvgIpc) is 1.64. The summed E-state index contributed by atoms with van der Waals surface area (Å²) < 4.78 is 23.5. The number of ether oxygens (including phenoxy) is 3. The second kappa shape index (κ2) is 43.7. The van der Waals surface area contributed by atoms with Crippen LogP contribution in [0.25, 0.3) is 51.8 Å². The summed E-state index contributed by atoms with van der Waals surface area (Å²) in [5.41, 5.74) is 7.58. The number of thiophene rings is 3. The van der Waals surface area contributed by atoms with Crippen molar-refractivity contribution in [1.29, 1.82) is 0 Å². The van der Waals surface area contributed by atoms with E-state index in [9.17, 15) is 28.8 Å². The minimum Gasteiger partial charge on any atom is -0.466 e. The van der Waals surface area contributed by atoms with E-state index < -0.39 is 53.8 Å². The zero-order valence-corrected chi connectivity index (χ0v) is 70.2. The predicted molar refractivity (Wildman–Crippen MR) is 424 cm³/mol. The number of nitrogens with two attached hydrogens (primary N) is 1. The first-order valence-corrected chi connectivity index (χ1v) is 45.2. The smallest absolute Gasteiger partial charge is 0.302 e. The molecule has 0 unspecified atom stereocenters. The summed E-state index contributed by atoms with van der Waals surface area (Å²) in [5.74, 6) is 1.36. The van der Waals surface area contributed by atoms with Gasteiger partial charge in [-0.05, 0) is 119 Å². The molecule has 104 heavy (non-hydrogen) atoms. The molecule has 0 aromatic carbocycles. The second-order valence-corrected chi connectivity index (χ2v) is 44.6. The zero-order valence-electron chi connectivity index (χ0n) is 62.5. The number of hydrogen-bond donors (Lipinski definition) is 6. The van der Waals surface area contributed by atoms with Crippen molar-refractivity contribution < 1.29 is 28.6 Å². The van der Waals surface area contributed by atoms with Gasteiger partial charge in [0.15, 0.2) is 0 Å². The fraction of sp³-hybridized carbons (Fsp3) is 0.486. The monoisotopic (exact) mass is 1680 g/mol. The number of aromatic amines is 3. The number of H-pyrrole nitrogens is 3. The van der Waals surface area contributed by atoms with E-state index in [4.69, 9.17) is 20.2 Å². The van der Waals surface area contributed by atoms with Crippen LogP contribution in [0.2, 0.25) is 13.3 Å². The molecule has 0 aliphatic carbocycles. The van der Waals surface area contributed by atoms with Crippen LogP contribution in [-0.4, -0.2) is 124 Å². The van der Waals surface area contributed by atoms with E-state index in [1.807, 2.05) is 59.9 Å². The van der Waals surface area contributed by atoms with Gasteiger partial charge in [-0.2, -0.15) is 0 Å². The average molecular weight is 1680 g/mol. The number of amides is 2. The molecule has 0 spiro atoms. The van der Waals surface area contributed by atoms with Gasteiger partial charge in [-0.3, -0.25) is 19.2 Å². The Morgan fingerprint density at radius 1 is 0.548 bits per heavy atom. The molecule has 0 fully saturated rings. The molecule has 0 bridgehead atoms. The number of nitrogens with one attached hydrogen (secondary N) is 5. The quantitative estimate of drug-likeness (QED) is 0.0221. The zero-order chi connectivity index (χ0) is 76.0. The van der Waals surface area contributed by atoms with Crippen LogP contribution in [0.3, 0.4) is 0 Å². The van der Waals surface area contributed by atoms with E-state index in [-0.39, 0.29) is 58.8 Å². The first kappa shape index (κ1) is 88.8. The van der Waals surface area contributed by atoms with Gasteiger partial charge in [0.1, 0.15) is 61.8 Å². The van der Waals surface area contributed by atoms with E-state index in [0.29, 0.717) is 54.7 Å². The molecule has 0 saturated carbocycles. The standard InChI is InChI=1S/C19H23N5O3S.C15H20BrN3O3S.C14H15N5OS.C4H4N2.C4H3N2.C4H8O2.3C4H9.ClH.Sn/c1-10(2)14(23-18(26)27-19(3,4)5)16-22-12-8-13(11-6-7-20-9-21-11)28-15(12)17(25)24-16;1-7(2)10(18-14(21)22-15(3,4)5)12-17-8-6-9(16)23-11(8)13(20)19-12;1-7(2)11(15)13-18-9-5-10(8-3-4-16-6-17-8)21-12(9)14(20)19-13;2*1-2-5-4-6-3-1;1-3-6-4(2)5;3*1-3-4-2;;/h6-10,14H,1-5H3,(H,23,26)(H,22,24,25);6-7,10H,1-5H3,(H,18,21)(H,17,19,20);3-7,11H,15H2,1-2H3,(H,18,19,20);1-4H;1-2,4H;3H2,1-2H3;3*1,3-4H2,2H3;1H;/t14-;10-;11-;;;;;;;;/m000......../s1. The van der Waals surface area contributed by atoms with Crippen LogP contribution in [0.15, 0.2) is 117 Å². The molecule has 0 radical (unpaired) electrons. The van der Waals surface area contributed by atoms with Crippen molar-refractivity contribution in [2.75, 3.05) is 6.61 Å². The van der Waals surface area contributed by atoms with Crippen molar-refractivity contribution in [2.45, 2.75) is 199 Å². The Labute approximate surface area is 638 Å². The number of esters is 1. The maximum atomic E-state index is 12.6. The maximum absolute atomic E-state index is 12.6. The Kier molecular flexibility index (Phi) is 37.3. The topological polar surface area (TPSA) is 369 Å². The molecule has 2 amide bonds. The molecule has 3 atom stereocenters. The van der Waals surface area contributed by atoms with Gasteiger partial charge in [0.25, 0.3) is 16.7 Å². The number of aromatic nitrogens is 14. The summed E-state index contributed by atoms with van der Waals surface area (Å²) in [6.45, 7) is 33.1. The van der Waals surface area contributed by atoms with Gasteiger partial charge in [0.05, 0.1) is 66.2 Å². The number of unbranched alkanes of at least 4 members (excludes halogenated alkanes) is 3. The van der Waals surface area contributed by atoms with Crippen LogP contribution in [0.4, 0.5) is 9.59 Å². The number of hydrogen-bond acceptors (Lipinski definition) is 24. The molecule has 0 saturated heterocycles. The normalized spacial score (nSPS) is 12.1. The van der Waals surface area contributed by atoms with Crippen molar-refractivity contribution >= 4 is 133 Å². The summed E-state index contributed by atoms with van der Waals surface area (Å²) in [5, 5.41) is 5.59. The molecule has 0 aliphatic heterocycles. The Morgan fingerprint density at radius 3 is 1.25 bits per heavy atom. The molecule has 564 valence electrons. The van der Waals surface area contributed by atoms with Crippen molar-refractivity contribution in [2.24, 2.45) is 23.5 Å². The van der Waals surface area contributed by atoms with Crippen molar-refractivity contribution in [3.8, 4) is 21.1 Å². The third-order valence-corrected chi connectivity index (χ3v) is 34.2. The molecule has 7 N–H and O–H groups in total. The summed E-state index contributed by atoms with van der Waals surface area (Å²) in [6.07, 6.45) is 21.9. The van der Waals surface area contributed by atoms with Crippen LogP contribution in [-0.2, 0) is 19.0 Å². The summed E-state index contributed by atoms with van der Waals surface area (Å²) in [7, 11) is 0. The predicted octanol–water partition coefficient (Wildman–Crippen LogP) is 15.7. The Morgan fingerprint density at radius 2 is 0.933 bits per heavy atom. The second-order valence-electron chi connectivity index (χ2n) is 27.0. The number of fused-ring (bicyclic) bond motifs is 3. The van der Waals surface area contributed by atoms with Crippen LogP contribution in [0.1, 0.15) is 192 Å². The minimum atomic E-state index is -2.25. The first-order valence-electron chi connectivity index (χ1n) is 34.5. The van der Waals surface area contributed by atoms with Gasteiger partial charge in [0, 0.05) is 31.7 Å². The maximum Gasteiger partial charge on any atom is 0.302 e. The van der Waals surface area contributed by atoms with Crippen molar-refractivity contribution in [3.63, 3.8) is 0 Å². The minimum absolute atomic E-state index is 0. The van der Waals surface area contributed by atoms with Gasteiger partial charge < -0.3 is 45.5 Å². The van der Waals surface area contributed by atoms with Gasteiger partial charge in [-0.15, -0.1) is 46.4 Å². The molecule has 10 aromatic heterocycles. The third-order valence-electron chi connectivity index (χ3n) is 15.1. The van der Waals surface area contributed by atoms with E-state index in [1.165, 1.54) is 115 Å². The molecular formula is C72H101BrClN17O9S3Sn. The Balaban J connectivity index is 0.000000279. The van der Waals surface area contributed by atoms with Crippen molar-refractivity contribution in [1.82, 2.24) is 80.4 Å². The fourth-order valence-corrected chi connectivity index (χ4v) is 28.8. The van der Waals surface area contributed by atoms with Crippen LogP contribution in [0, 0.1) is 17.8 Å². The summed E-state index contributed by atoms with van der Waals surface area (Å²) in [6, 6.07) is 11.9. The van der Waals surface area contributed by atoms with Gasteiger partial charge in [-0.1, -0.05) is 41.5 Å². The molecule has 0 aliphatic rings. The molecule has 26 nitrogen and oxygen atoms in total. The first-order chi connectivity index (χ1) is 48.8. The SMILES string of the molecule is CC(C)[C@H](N)c1nc2cc(-c3ccncn3)sc2c(=O)[nH]1.CC(C)[C@H](NC(=O)OC(C)(C)C)c1nc2cc(-c3ccncn3)sc2c(=O)[nH]1.CC(C)[C@H](NC(=O)OC(C)(C)C)c1nc2cc(Br)sc2c(=O)[nH]1.CCC[CH2][Sn]([CH2]CCC)([CH2]CCC)[c]1ccncn1.CCOC(C)=O.Cl.c1cncnc1. The Hall–Kier alpha value is -7.62. The van der Waals surface area contributed by atoms with Crippen LogP contribution < -0.4 is 36.8 Å². The molecular weight excluding hydrogens is 1580 g/mol. The van der Waals surface area contributed by atoms with E-state index in [1.54, 1.807) is 104 Å². The third kappa shape index (κ3) is 29.0. The van der Waals surface area contributed by atoms with E-state index >= 15 is 0 Å². The number of carbonyl (C=O) groups excluding carboxylic acids is 3. The molecule has 10 rings (SSSR count). The van der Waals surface area contributed by atoms with Gasteiger partial charge in [-0.25, -0.2) is 54.4 Å². The molecule has 10 aromatic rings. The van der Waals surface area contributed by atoms with Crippen LogP contribution in [0.5, 0.6) is 0 Å². The number of alkyl carbamates (subject to hydrolysis) is 2. The number of carbonyl (C=O) groups is 3. The summed E-state index contributed by atoms with van der Waals surface area (Å²) in [4.78, 5) is 127. The van der Waals surface area contributed by atoms with Crippen molar-refractivity contribution in [3.05, 3.63) is 151 Å². The Bertz CT molecular complexity index is 4360. The van der Waals surface area contributed by atoms with E-state index in [0.717, 1.165) is 24.9 Å². The molecule has 32 heteroatoms. The van der Waals surface area contributed by atoms with Crippen LogP contribution >= 0.6 is 62.3 Å².